The Balaban J connectivity index is 2.26. The lowest BCUT2D eigenvalue weighted by Gasteiger charge is -2.18. The molecular weight excluding hydrogens is 272 g/mol. The standard InChI is InChI=1S/C15H18N2O2S/c1-4-5-12(17-15-16-8-9-20-15)11-6-7-13(18-2)14(10-11)19-3/h4,6-10,12H,1,5H2,2-3H3,(H,16,17). The van der Waals surface area contributed by atoms with Crippen LogP contribution in [-0.4, -0.2) is 19.2 Å². The van der Waals surface area contributed by atoms with Gasteiger partial charge in [0.15, 0.2) is 16.6 Å². The molecule has 4 nitrogen and oxygen atoms in total. The number of nitrogens with zero attached hydrogens (tertiary/aromatic N) is 1. The minimum absolute atomic E-state index is 0.110. The van der Waals surface area contributed by atoms with E-state index >= 15 is 0 Å². The average Bonchev–Trinajstić information content (AvgIpc) is 2.99. The topological polar surface area (TPSA) is 43.4 Å². The van der Waals surface area contributed by atoms with E-state index in [0.717, 1.165) is 28.6 Å². The highest BCUT2D eigenvalue weighted by atomic mass is 32.1. The highest BCUT2D eigenvalue weighted by molar-refractivity contribution is 7.13. The van der Waals surface area contributed by atoms with Crippen molar-refractivity contribution in [3.63, 3.8) is 0 Å². The van der Waals surface area contributed by atoms with E-state index in [4.69, 9.17) is 9.47 Å². The fourth-order valence-corrected chi connectivity index (χ4v) is 2.54. The second-order valence-electron chi connectivity index (χ2n) is 4.17. The van der Waals surface area contributed by atoms with Crippen LogP contribution in [0.3, 0.4) is 0 Å². The van der Waals surface area contributed by atoms with Crippen LogP contribution in [0.4, 0.5) is 5.13 Å². The van der Waals surface area contributed by atoms with Crippen LogP contribution in [0.2, 0.25) is 0 Å². The summed E-state index contributed by atoms with van der Waals surface area (Å²) in [4.78, 5) is 4.26. The van der Waals surface area contributed by atoms with Crippen molar-refractivity contribution in [2.75, 3.05) is 19.5 Å². The smallest absolute Gasteiger partial charge is 0.183 e. The Morgan fingerprint density at radius 3 is 2.75 bits per heavy atom. The second kappa shape index (κ2) is 6.96. The number of methoxy groups -OCH3 is 2. The van der Waals surface area contributed by atoms with E-state index in [2.05, 4.69) is 16.9 Å². The van der Waals surface area contributed by atoms with Crippen molar-refractivity contribution in [3.05, 3.63) is 48.0 Å². The molecule has 1 atom stereocenters. The first-order chi connectivity index (χ1) is 9.78. The van der Waals surface area contributed by atoms with Gasteiger partial charge in [-0.2, -0.15) is 0 Å². The van der Waals surface area contributed by atoms with Crippen molar-refractivity contribution in [1.82, 2.24) is 4.98 Å². The van der Waals surface area contributed by atoms with Gasteiger partial charge < -0.3 is 14.8 Å². The fourth-order valence-electron chi connectivity index (χ4n) is 1.96. The lowest BCUT2D eigenvalue weighted by atomic mass is 10.0. The molecule has 5 heteroatoms. The number of nitrogens with one attached hydrogen (secondary N) is 1. The summed E-state index contributed by atoms with van der Waals surface area (Å²) in [5.74, 6) is 1.45. The maximum atomic E-state index is 5.35. The Bertz CT molecular complexity index is 555. The van der Waals surface area contributed by atoms with E-state index in [1.807, 2.05) is 29.7 Å². The molecular formula is C15H18N2O2S. The molecule has 0 amide bonds. The van der Waals surface area contributed by atoms with Gasteiger partial charge in [-0.15, -0.1) is 17.9 Å². The van der Waals surface area contributed by atoms with Crippen LogP contribution in [-0.2, 0) is 0 Å². The van der Waals surface area contributed by atoms with Gasteiger partial charge in [-0.3, -0.25) is 0 Å². The van der Waals surface area contributed by atoms with Crippen molar-refractivity contribution >= 4 is 16.5 Å². The molecule has 1 heterocycles. The van der Waals surface area contributed by atoms with Gasteiger partial charge in [0.2, 0.25) is 0 Å². The molecule has 0 fully saturated rings. The Kier molecular flexibility index (Phi) is 5.01. The quantitative estimate of drug-likeness (QED) is 0.786. The number of benzene rings is 1. The van der Waals surface area contributed by atoms with E-state index in [1.165, 1.54) is 0 Å². The number of thiazole rings is 1. The lowest BCUT2D eigenvalue weighted by Crippen LogP contribution is -2.10. The largest absolute Gasteiger partial charge is 0.493 e. The molecule has 2 aromatic rings. The van der Waals surface area contributed by atoms with Crippen LogP contribution < -0.4 is 14.8 Å². The first kappa shape index (κ1) is 14.4. The summed E-state index contributed by atoms with van der Waals surface area (Å²) in [5, 5.41) is 6.25. The van der Waals surface area contributed by atoms with Gasteiger partial charge in [-0.1, -0.05) is 12.1 Å². The normalized spacial score (nSPS) is 11.7. The maximum Gasteiger partial charge on any atom is 0.183 e. The molecule has 0 aliphatic heterocycles. The van der Waals surface area contributed by atoms with E-state index in [9.17, 15) is 0 Å². The average molecular weight is 290 g/mol. The summed E-state index contributed by atoms with van der Waals surface area (Å²) < 4.78 is 10.6. The van der Waals surface area contributed by atoms with E-state index in [1.54, 1.807) is 31.8 Å². The highest BCUT2D eigenvalue weighted by Gasteiger charge is 2.14. The zero-order chi connectivity index (χ0) is 14.4. The van der Waals surface area contributed by atoms with E-state index < -0.39 is 0 Å². The van der Waals surface area contributed by atoms with Crippen LogP contribution in [0.1, 0.15) is 18.0 Å². The highest BCUT2D eigenvalue weighted by Crippen LogP contribution is 2.32. The first-order valence-corrected chi connectivity index (χ1v) is 7.15. The zero-order valence-electron chi connectivity index (χ0n) is 11.6. The molecule has 0 aliphatic carbocycles. The minimum atomic E-state index is 0.110. The van der Waals surface area contributed by atoms with Gasteiger partial charge in [0, 0.05) is 11.6 Å². The molecule has 1 N–H and O–H groups in total. The lowest BCUT2D eigenvalue weighted by molar-refractivity contribution is 0.354. The molecule has 1 aromatic carbocycles. The fraction of sp³-hybridized carbons (Fsp3) is 0.267. The van der Waals surface area contributed by atoms with Crippen molar-refractivity contribution in [2.45, 2.75) is 12.5 Å². The maximum absolute atomic E-state index is 5.35. The van der Waals surface area contributed by atoms with Crippen molar-refractivity contribution in [1.29, 1.82) is 0 Å². The molecule has 0 bridgehead atoms. The third-order valence-corrected chi connectivity index (χ3v) is 3.65. The minimum Gasteiger partial charge on any atom is -0.493 e. The predicted octanol–water partition coefficient (Wildman–Crippen LogP) is 3.89. The number of rotatable bonds is 7. The molecule has 0 saturated heterocycles. The molecule has 106 valence electrons. The number of hydrogen-bond donors (Lipinski definition) is 1. The number of aromatic nitrogens is 1. The number of ether oxygens (including phenoxy) is 2. The molecule has 2 rings (SSSR count). The van der Waals surface area contributed by atoms with Crippen LogP contribution in [0.5, 0.6) is 11.5 Å². The summed E-state index contributed by atoms with van der Waals surface area (Å²) >= 11 is 1.58. The molecule has 20 heavy (non-hydrogen) atoms. The summed E-state index contributed by atoms with van der Waals surface area (Å²) in [6.45, 7) is 3.82. The van der Waals surface area contributed by atoms with Crippen LogP contribution in [0.25, 0.3) is 0 Å². The molecule has 1 unspecified atom stereocenters. The summed E-state index contributed by atoms with van der Waals surface area (Å²) in [6.07, 6.45) is 4.48. The molecule has 1 aromatic heterocycles. The third kappa shape index (κ3) is 3.30. The zero-order valence-corrected chi connectivity index (χ0v) is 12.4. The van der Waals surface area contributed by atoms with Gasteiger partial charge >= 0.3 is 0 Å². The summed E-state index contributed by atoms with van der Waals surface area (Å²) in [6, 6.07) is 6.02. The van der Waals surface area contributed by atoms with Crippen LogP contribution in [0, 0.1) is 0 Å². The molecule has 0 spiro atoms. The first-order valence-electron chi connectivity index (χ1n) is 6.27. The van der Waals surface area contributed by atoms with Gasteiger partial charge in [0.25, 0.3) is 0 Å². The Labute approximate surface area is 123 Å². The number of hydrogen-bond acceptors (Lipinski definition) is 5. The van der Waals surface area contributed by atoms with Crippen LogP contribution >= 0.6 is 11.3 Å². The van der Waals surface area contributed by atoms with Gasteiger partial charge in [-0.05, 0) is 24.1 Å². The van der Waals surface area contributed by atoms with Crippen LogP contribution in [0.15, 0.2) is 42.4 Å². The van der Waals surface area contributed by atoms with E-state index in [0.29, 0.717) is 0 Å². The second-order valence-corrected chi connectivity index (χ2v) is 5.07. The van der Waals surface area contributed by atoms with Crippen molar-refractivity contribution < 1.29 is 9.47 Å². The van der Waals surface area contributed by atoms with E-state index in [-0.39, 0.29) is 6.04 Å². The molecule has 0 aliphatic rings. The van der Waals surface area contributed by atoms with Gasteiger partial charge in [0.1, 0.15) is 0 Å². The van der Waals surface area contributed by atoms with Crippen molar-refractivity contribution in [3.8, 4) is 11.5 Å². The number of anilines is 1. The third-order valence-electron chi connectivity index (χ3n) is 2.94. The Morgan fingerprint density at radius 2 is 2.15 bits per heavy atom. The summed E-state index contributed by atoms with van der Waals surface area (Å²) in [5.41, 5.74) is 1.11. The molecule has 0 radical (unpaired) electrons. The predicted molar refractivity (Wildman–Crippen MR) is 82.8 cm³/mol. The summed E-state index contributed by atoms with van der Waals surface area (Å²) in [7, 11) is 3.27. The SMILES string of the molecule is C=CCC(Nc1nccs1)c1ccc(OC)c(OC)c1. The van der Waals surface area contributed by atoms with Gasteiger partial charge in [-0.25, -0.2) is 4.98 Å². The molecule has 0 saturated carbocycles. The Morgan fingerprint density at radius 1 is 1.35 bits per heavy atom. The van der Waals surface area contributed by atoms with Crippen molar-refractivity contribution in [2.24, 2.45) is 0 Å². The van der Waals surface area contributed by atoms with Gasteiger partial charge in [0.05, 0.1) is 20.3 Å². The monoisotopic (exact) mass is 290 g/mol. The Hall–Kier alpha value is -2.01.